The van der Waals surface area contributed by atoms with E-state index >= 15 is 0 Å². The van der Waals surface area contributed by atoms with Crippen LogP contribution in [0.5, 0.6) is 0 Å². The van der Waals surface area contributed by atoms with Crippen molar-refractivity contribution in [1.29, 1.82) is 0 Å². The van der Waals surface area contributed by atoms with Crippen LogP contribution in [-0.2, 0) is 25.3 Å². The molecule has 8 heteroatoms. The van der Waals surface area contributed by atoms with Crippen LogP contribution in [0, 0.1) is 11.7 Å². The van der Waals surface area contributed by atoms with Crippen LogP contribution in [0.2, 0.25) is 0 Å². The smallest absolute Gasteiger partial charge is 0.240 e. The van der Waals surface area contributed by atoms with Crippen molar-refractivity contribution in [3.8, 4) is 0 Å². The third-order valence-corrected chi connectivity index (χ3v) is 5.28. The van der Waals surface area contributed by atoms with E-state index in [4.69, 9.17) is 4.74 Å². The number of benzene rings is 1. The van der Waals surface area contributed by atoms with E-state index in [0.717, 1.165) is 0 Å². The van der Waals surface area contributed by atoms with Crippen molar-refractivity contribution in [1.82, 2.24) is 9.62 Å². The highest BCUT2D eigenvalue weighted by atomic mass is 32.2. The van der Waals surface area contributed by atoms with Gasteiger partial charge in [0.1, 0.15) is 11.9 Å². The highest BCUT2D eigenvalue weighted by molar-refractivity contribution is 7.88. The molecule has 0 bridgehead atoms. The van der Waals surface area contributed by atoms with Crippen LogP contribution >= 0.6 is 0 Å². The molecule has 1 aromatic rings. The van der Waals surface area contributed by atoms with Crippen molar-refractivity contribution in [2.24, 2.45) is 5.92 Å². The highest BCUT2D eigenvalue weighted by Crippen LogP contribution is 2.13. The molecule has 1 heterocycles. The van der Waals surface area contributed by atoms with E-state index in [0.29, 0.717) is 38.3 Å². The lowest BCUT2D eigenvalue weighted by Crippen LogP contribution is -2.52. The second-order valence-electron chi connectivity index (χ2n) is 6.62. The molecule has 0 spiro atoms. The van der Waals surface area contributed by atoms with Gasteiger partial charge in [-0.1, -0.05) is 26.0 Å². The minimum Gasteiger partial charge on any atom is -0.378 e. The number of carbonyl (C=O) groups excluding carboxylic acids is 1. The Labute approximate surface area is 148 Å². The van der Waals surface area contributed by atoms with Crippen LogP contribution in [0.25, 0.3) is 0 Å². The van der Waals surface area contributed by atoms with Gasteiger partial charge in [-0.15, -0.1) is 0 Å². The number of amides is 1. The number of halogens is 1. The summed E-state index contributed by atoms with van der Waals surface area (Å²) in [7, 11) is -3.73. The zero-order chi connectivity index (χ0) is 18.4. The standard InChI is InChI=1S/C17H25FN2O4S/c1-13(2)11-16(17(21)20-7-9-24-10-8-20)19-25(22,23)12-14-3-5-15(18)6-4-14/h3-6,13,16,19H,7-12H2,1-2H3/t16-/m0/s1. The third kappa shape index (κ3) is 6.37. The zero-order valence-electron chi connectivity index (χ0n) is 14.6. The van der Waals surface area contributed by atoms with Gasteiger partial charge in [0.05, 0.1) is 19.0 Å². The summed E-state index contributed by atoms with van der Waals surface area (Å²) in [5.74, 6) is -0.782. The van der Waals surface area contributed by atoms with Crippen molar-refractivity contribution in [3.05, 3.63) is 35.6 Å². The molecule has 140 valence electrons. The molecule has 25 heavy (non-hydrogen) atoms. The maximum Gasteiger partial charge on any atom is 0.240 e. The molecule has 1 fully saturated rings. The average Bonchev–Trinajstić information content (AvgIpc) is 2.55. The molecule has 0 saturated carbocycles. The quantitative estimate of drug-likeness (QED) is 0.787. The van der Waals surface area contributed by atoms with Crippen molar-refractivity contribution in [2.75, 3.05) is 26.3 Å². The summed E-state index contributed by atoms with van der Waals surface area (Å²) in [6, 6.07) is 4.49. The summed E-state index contributed by atoms with van der Waals surface area (Å²) in [6.45, 7) is 5.73. The van der Waals surface area contributed by atoms with E-state index in [1.807, 2.05) is 13.8 Å². The Balaban J connectivity index is 2.08. The van der Waals surface area contributed by atoms with Gasteiger partial charge in [0.15, 0.2) is 0 Å². The average molecular weight is 372 g/mol. The first-order chi connectivity index (χ1) is 11.8. The van der Waals surface area contributed by atoms with Gasteiger partial charge in [-0.3, -0.25) is 4.79 Å². The van der Waals surface area contributed by atoms with Gasteiger partial charge >= 0.3 is 0 Å². The number of nitrogens with zero attached hydrogens (tertiary/aromatic N) is 1. The number of hydrogen-bond donors (Lipinski definition) is 1. The second kappa shape index (κ2) is 8.73. The van der Waals surface area contributed by atoms with Crippen LogP contribution in [0.1, 0.15) is 25.8 Å². The van der Waals surface area contributed by atoms with Crippen LogP contribution in [0.3, 0.4) is 0 Å². The molecule has 1 aliphatic rings. The minimum absolute atomic E-state index is 0.156. The Hall–Kier alpha value is -1.51. The fraction of sp³-hybridized carbons (Fsp3) is 0.588. The van der Waals surface area contributed by atoms with E-state index in [9.17, 15) is 17.6 Å². The summed E-state index contributed by atoms with van der Waals surface area (Å²) in [4.78, 5) is 14.3. The maximum absolute atomic E-state index is 13.0. The lowest BCUT2D eigenvalue weighted by Gasteiger charge is -2.31. The topological polar surface area (TPSA) is 75.7 Å². The van der Waals surface area contributed by atoms with Gasteiger partial charge in [0, 0.05) is 13.1 Å². The Bertz CT molecular complexity index is 670. The van der Waals surface area contributed by atoms with Gasteiger partial charge in [-0.25, -0.2) is 17.5 Å². The van der Waals surface area contributed by atoms with Crippen LogP contribution in [-0.4, -0.2) is 51.6 Å². The number of nitrogens with one attached hydrogen (secondary N) is 1. The maximum atomic E-state index is 13.0. The van der Waals surface area contributed by atoms with Gasteiger partial charge in [0.2, 0.25) is 15.9 Å². The first-order valence-electron chi connectivity index (χ1n) is 8.38. The number of sulfonamides is 1. The number of rotatable bonds is 7. The Kier molecular flexibility index (Phi) is 6.92. The molecule has 1 saturated heterocycles. The van der Waals surface area contributed by atoms with Gasteiger partial charge < -0.3 is 9.64 Å². The van der Waals surface area contributed by atoms with Crippen LogP contribution in [0.15, 0.2) is 24.3 Å². The summed E-state index contributed by atoms with van der Waals surface area (Å²) < 4.78 is 45.7. The number of ether oxygens (including phenoxy) is 1. The number of hydrogen-bond acceptors (Lipinski definition) is 4. The summed E-state index contributed by atoms with van der Waals surface area (Å²) in [6.07, 6.45) is 0.416. The Morgan fingerprint density at radius 3 is 2.40 bits per heavy atom. The highest BCUT2D eigenvalue weighted by Gasteiger charge is 2.30. The lowest BCUT2D eigenvalue weighted by atomic mass is 10.0. The fourth-order valence-electron chi connectivity index (χ4n) is 2.73. The van der Waals surface area contributed by atoms with Gasteiger partial charge in [-0.2, -0.15) is 0 Å². The van der Waals surface area contributed by atoms with E-state index in [1.165, 1.54) is 24.3 Å². The molecule has 1 N–H and O–H groups in total. The van der Waals surface area contributed by atoms with Crippen LogP contribution in [0.4, 0.5) is 4.39 Å². The third-order valence-electron chi connectivity index (χ3n) is 3.92. The Morgan fingerprint density at radius 1 is 1.24 bits per heavy atom. The zero-order valence-corrected chi connectivity index (χ0v) is 15.4. The van der Waals surface area contributed by atoms with Crippen molar-refractivity contribution < 1.29 is 22.3 Å². The molecule has 0 aromatic heterocycles. The van der Waals surface area contributed by atoms with E-state index < -0.39 is 21.9 Å². The molecule has 0 unspecified atom stereocenters. The van der Waals surface area contributed by atoms with E-state index in [1.54, 1.807) is 4.90 Å². The molecule has 0 radical (unpaired) electrons. The molecular weight excluding hydrogens is 347 g/mol. The monoisotopic (exact) mass is 372 g/mol. The molecule has 1 amide bonds. The van der Waals surface area contributed by atoms with Crippen molar-refractivity contribution in [3.63, 3.8) is 0 Å². The predicted molar refractivity (Wildman–Crippen MR) is 92.8 cm³/mol. The predicted octanol–water partition coefficient (Wildman–Crippen LogP) is 1.52. The summed E-state index contributed by atoms with van der Waals surface area (Å²) >= 11 is 0. The lowest BCUT2D eigenvalue weighted by molar-refractivity contribution is -0.137. The first-order valence-corrected chi connectivity index (χ1v) is 10.0. The number of morpholine rings is 1. The normalized spacial score (nSPS) is 16.9. The molecule has 0 aliphatic carbocycles. The Morgan fingerprint density at radius 2 is 1.84 bits per heavy atom. The van der Waals surface area contributed by atoms with Gasteiger partial charge in [-0.05, 0) is 30.0 Å². The number of carbonyl (C=O) groups is 1. The molecule has 2 rings (SSSR count). The second-order valence-corrected chi connectivity index (χ2v) is 8.38. The SMILES string of the molecule is CC(C)C[C@H](NS(=O)(=O)Cc1ccc(F)cc1)C(=O)N1CCOCC1. The largest absolute Gasteiger partial charge is 0.378 e. The van der Waals surface area contributed by atoms with Crippen molar-refractivity contribution in [2.45, 2.75) is 32.1 Å². The molecule has 1 aliphatic heterocycles. The van der Waals surface area contributed by atoms with Gasteiger partial charge in [0.25, 0.3) is 0 Å². The minimum atomic E-state index is -3.73. The summed E-state index contributed by atoms with van der Waals surface area (Å²) in [5, 5.41) is 0. The fourth-order valence-corrected chi connectivity index (χ4v) is 4.08. The van der Waals surface area contributed by atoms with E-state index in [-0.39, 0.29) is 17.6 Å². The molecule has 6 nitrogen and oxygen atoms in total. The molecular formula is C17H25FN2O4S. The van der Waals surface area contributed by atoms with E-state index in [2.05, 4.69) is 4.72 Å². The van der Waals surface area contributed by atoms with Crippen LogP contribution < -0.4 is 4.72 Å². The summed E-state index contributed by atoms with van der Waals surface area (Å²) in [5.41, 5.74) is 0.469. The first kappa shape index (κ1) is 19.8. The molecule has 1 aromatic carbocycles. The van der Waals surface area contributed by atoms with Crippen molar-refractivity contribution >= 4 is 15.9 Å². The molecule has 1 atom stereocenters.